The van der Waals surface area contributed by atoms with Gasteiger partial charge in [0.15, 0.2) is 5.78 Å². The highest BCUT2D eigenvalue weighted by molar-refractivity contribution is 6.04. The van der Waals surface area contributed by atoms with Gasteiger partial charge in [-0.1, -0.05) is 6.92 Å². The van der Waals surface area contributed by atoms with Crippen LogP contribution < -0.4 is 0 Å². The summed E-state index contributed by atoms with van der Waals surface area (Å²) in [5.74, 6) is 0.317. The van der Waals surface area contributed by atoms with Gasteiger partial charge in [0.05, 0.1) is 0 Å². The van der Waals surface area contributed by atoms with E-state index in [9.17, 15) is 9.90 Å². The maximum absolute atomic E-state index is 12.1. The Balaban J connectivity index is 2.70. The van der Waals surface area contributed by atoms with Crippen LogP contribution >= 0.6 is 0 Å². The van der Waals surface area contributed by atoms with Crippen molar-refractivity contribution in [2.24, 2.45) is 5.92 Å². The summed E-state index contributed by atoms with van der Waals surface area (Å²) in [6.07, 6.45) is 1.11. The zero-order valence-electron chi connectivity index (χ0n) is 10.5. The van der Waals surface area contributed by atoms with Gasteiger partial charge in [0, 0.05) is 23.7 Å². The van der Waals surface area contributed by atoms with Crippen molar-refractivity contribution in [2.75, 3.05) is 6.61 Å². The molecule has 1 aromatic rings. The first-order valence-corrected chi connectivity index (χ1v) is 5.98. The van der Waals surface area contributed by atoms with E-state index in [2.05, 4.69) is 0 Å². The van der Waals surface area contributed by atoms with Crippen LogP contribution in [-0.4, -0.2) is 22.6 Å². The number of aromatic hydroxyl groups is 1. The number of aliphatic hydroxyl groups excluding tert-OH is 1. The van der Waals surface area contributed by atoms with Crippen LogP contribution in [0.3, 0.4) is 0 Å². The van der Waals surface area contributed by atoms with E-state index in [1.807, 2.05) is 20.8 Å². The highest BCUT2D eigenvalue weighted by Gasteiger charge is 2.33. The second-order valence-corrected chi connectivity index (χ2v) is 4.87. The molecule has 0 bridgehead atoms. The maximum Gasteiger partial charge on any atom is 0.166 e. The second kappa shape index (κ2) is 4.15. The topological polar surface area (TPSA) is 57.5 Å². The van der Waals surface area contributed by atoms with Crippen molar-refractivity contribution in [1.29, 1.82) is 0 Å². The van der Waals surface area contributed by atoms with E-state index >= 15 is 0 Å². The van der Waals surface area contributed by atoms with Gasteiger partial charge in [0.1, 0.15) is 5.75 Å². The molecule has 0 saturated carbocycles. The smallest absolute Gasteiger partial charge is 0.166 e. The van der Waals surface area contributed by atoms with Gasteiger partial charge in [0.2, 0.25) is 0 Å². The highest BCUT2D eigenvalue weighted by Crippen LogP contribution is 2.39. The number of fused-ring (bicyclic) bond motifs is 1. The molecule has 2 rings (SSSR count). The minimum atomic E-state index is -0.0432. The summed E-state index contributed by atoms with van der Waals surface area (Å²) < 4.78 is 0. The number of hydrogen-bond acceptors (Lipinski definition) is 3. The molecule has 2 N–H and O–H groups in total. The van der Waals surface area contributed by atoms with Crippen LogP contribution in [0.4, 0.5) is 0 Å². The predicted molar refractivity (Wildman–Crippen MR) is 65.6 cm³/mol. The van der Waals surface area contributed by atoms with Gasteiger partial charge in [-0.05, 0) is 43.4 Å². The van der Waals surface area contributed by atoms with Crippen molar-refractivity contribution in [1.82, 2.24) is 0 Å². The van der Waals surface area contributed by atoms with Crippen LogP contribution in [0.1, 0.15) is 39.5 Å². The number of ketones is 1. The Morgan fingerprint density at radius 2 is 1.94 bits per heavy atom. The van der Waals surface area contributed by atoms with E-state index in [0.717, 1.165) is 22.3 Å². The summed E-state index contributed by atoms with van der Waals surface area (Å²) in [5, 5.41) is 19.2. The molecule has 1 atom stereocenters. The lowest BCUT2D eigenvalue weighted by atomic mass is 9.91. The SMILES string of the molecule is Cc1c(O)c2c(c(C)c1CCO)C(=O)C(C)C2. The molecular formula is C14H18O3. The van der Waals surface area contributed by atoms with Crippen molar-refractivity contribution in [3.63, 3.8) is 0 Å². The third-order valence-corrected chi connectivity index (χ3v) is 3.79. The monoisotopic (exact) mass is 234 g/mol. The zero-order chi connectivity index (χ0) is 12.7. The van der Waals surface area contributed by atoms with E-state index in [4.69, 9.17) is 5.11 Å². The van der Waals surface area contributed by atoms with Crippen LogP contribution in [0.2, 0.25) is 0 Å². The van der Waals surface area contributed by atoms with E-state index in [0.29, 0.717) is 18.4 Å². The number of benzene rings is 1. The van der Waals surface area contributed by atoms with Gasteiger partial charge in [-0.2, -0.15) is 0 Å². The highest BCUT2D eigenvalue weighted by atomic mass is 16.3. The van der Waals surface area contributed by atoms with Crippen molar-refractivity contribution in [2.45, 2.75) is 33.6 Å². The fraction of sp³-hybridized carbons (Fsp3) is 0.500. The third kappa shape index (κ3) is 1.65. The van der Waals surface area contributed by atoms with Gasteiger partial charge < -0.3 is 10.2 Å². The number of hydrogen-bond donors (Lipinski definition) is 2. The molecule has 0 aliphatic heterocycles. The molecule has 1 aromatic carbocycles. The van der Waals surface area contributed by atoms with Crippen LogP contribution in [0, 0.1) is 19.8 Å². The lowest BCUT2D eigenvalue weighted by Crippen LogP contribution is -2.08. The lowest BCUT2D eigenvalue weighted by molar-refractivity contribution is 0.0945. The Kier molecular flexibility index (Phi) is 2.96. The van der Waals surface area contributed by atoms with Gasteiger partial charge in [0.25, 0.3) is 0 Å². The van der Waals surface area contributed by atoms with E-state index in [1.54, 1.807) is 0 Å². The summed E-state index contributed by atoms with van der Waals surface area (Å²) in [6.45, 7) is 5.68. The Morgan fingerprint density at radius 1 is 1.29 bits per heavy atom. The molecule has 0 aromatic heterocycles. The largest absolute Gasteiger partial charge is 0.507 e. The number of Topliss-reactive ketones (excluding diaryl/α,β-unsaturated/α-hetero) is 1. The summed E-state index contributed by atoms with van der Waals surface area (Å²) in [7, 11) is 0. The van der Waals surface area contributed by atoms with Crippen molar-refractivity contribution in [3.05, 3.63) is 27.8 Å². The first-order chi connectivity index (χ1) is 7.99. The van der Waals surface area contributed by atoms with Crippen LogP contribution in [-0.2, 0) is 12.8 Å². The molecule has 0 spiro atoms. The molecule has 1 unspecified atom stereocenters. The standard InChI is InChI=1S/C14H18O3/c1-7-6-11-12(13(7)16)8(2)10(4-5-15)9(3)14(11)17/h7,15,17H,4-6H2,1-3H3. The fourth-order valence-electron chi connectivity index (χ4n) is 2.81. The van der Waals surface area contributed by atoms with E-state index < -0.39 is 0 Å². The second-order valence-electron chi connectivity index (χ2n) is 4.87. The zero-order valence-corrected chi connectivity index (χ0v) is 10.5. The van der Waals surface area contributed by atoms with Crippen LogP contribution in [0.5, 0.6) is 5.75 Å². The fourth-order valence-corrected chi connectivity index (χ4v) is 2.81. The molecule has 92 valence electrons. The molecule has 1 aliphatic rings. The van der Waals surface area contributed by atoms with Crippen molar-refractivity contribution >= 4 is 5.78 Å². The Bertz CT molecular complexity index is 489. The number of phenols is 1. The quantitative estimate of drug-likeness (QED) is 0.822. The lowest BCUT2D eigenvalue weighted by Gasteiger charge is -2.15. The Labute approximate surface area is 101 Å². The van der Waals surface area contributed by atoms with Gasteiger partial charge in [-0.15, -0.1) is 0 Å². The van der Waals surface area contributed by atoms with Gasteiger partial charge in [-0.25, -0.2) is 0 Å². The van der Waals surface area contributed by atoms with Crippen molar-refractivity contribution < 1.29 is 15.0 Å². The average Bonchev–Trinajstić information content (AvgIpc) is 2.59. The van der Waals surface area contributed by atoms with Gasteiger partial charge in [-0.3, -0.25) is 4.79 Å². The van der Waals surface area contributed by atoms with E-state index in [1.165, 1.54) is 0 Å². The molecular weight excluding hydrogens is 216 g/mol. The number of rotatable bonds is 2. The summed E-state index contributed by atoms with van der Waals surface area (Å²) in [5.41, 5.74) is 4.12. The summed E-state index contributed by atoms with van der Waals surface area (Å²) in [6, 6.07) is 0. The molecule has 3 heteroatoms. The van der Waals surface area contributed by atoms with Gasteiger partial charge >= 0.3 is 0 Å². The van der Waals surface area contributed by atoms with E-state index in [-0.39, 0.29) is 24.1 Å². The molecule has 0 radical (unpaired) electrons. The molecule has 17 heavy (non-hydrogen) atoms. The Morgan fingerprint density at radius 3 is 2.53 bits per heavy atom. The average molecular weight is 234 g/mol. The normalized spacial score (nSPS) is 18.6. The van der Waals surface area contributed by atoms with Crippen molar-refractivity contribution in [3.8, 4) is 5.75 Å². The molecule has 1 aliphatic carbocycles. The molecule has 0 heterocycles. The molecule has 3 nitrogen and oxygen atoms in total. The van der Waals surface area contributed by atoms with Crippen LogP contribution in [0.25, 0.3) is 0 Å². The molecule has 0 fully saturated rings. The minimum absolute atomic E-state index is 0.0314. The summed E-state index contributed by atoms with van der Waals surface area (Å²) in [4.78, 5) is 12.1. The third-order valence-electron chi connectivity index (χ3n) is 3.79. The molecule has 0 saturated heterocycles. The predicted octanol–water partition coefficient (Wildman–Crippen LogP) is 1.92. The number of carbonyl (C=O) groups is 1. The minimum Gasteiger partial charge on any atom is -0.507 e. The number of carbonyl (C=O) groups excluding carboxylic acids is 1. The number of aliphatic hydroxyl groups is 1. The first kappa shape index (κ1) is 12.1. The molecule has 0 amide bonds. The van der Waals surface area contributed by atoms with Crippen LogP contribution in [0.15, 0.2) is 0 Å². The maximum atomic E-state index is 12.1. The Hall–Kier alpha value is -1.35. The number of phenolic OH excluding ortho intramolecular Hbond substituents is 1. The summed E-state index contributed by atoms with van der Waals surface area (Å²) >= 11 is 0. The first-order valence-electron chi connectivity index (χ1n) is 5.98.